The lowest BCUT2D eigenvalue weighted by atomic mass is 9.78. The molecule has 2 unspecified atom stereocenters. The fraction of sp³-hybridized carbons (Fsp3) is 0.538. The summed E-state index contributed by atoms with van der Waals surface area (Å²) in [5, 5.41) is 14.9. The summed E-state index contributed by atoms with van der Waals surface area (Å²) in [4.78, 5) is 19.4. The number of amides is 1. The molecule has 2 aromatic rings. The molecule has 1 fully saturated rings. The van der Waals surface area contributed by atoms with Crippen LogP contribution in [0.5, 0.6) is 5.75 Å². The number of aliphatic hydroxyl groups is 1. The standard InChI is InChI=1S/C26H37N3O3/c1-19-15-22(32-5)12-11-20(19)16-29-14-8-9-21(17-29)26(31,23-10-6-7-13-27-23)18-28-24(30)25(2,3)4/h6-7,10-13,15,21,31H,8-9,14,16-18H2,1-5H3,(H,28,30). The van der Waals surface area contributed by atoms with Gasteiger partial charge in [-0.2, -0.15) is 0 Å². The molecule has 2 N–H and O–H groups in total. The highest BCUT2D eigenvalue weighted by Gasteiger charge is 2.42. The Balaban J connectivity index is 1.79. The summed E-state index contributed by atoms with van der Waals surface area (Å²) in [6.45, 7) is 10.4. The first-order valence-corrected chi connectivity index (χ1v) is 11.4. The zero-order valence-corrected chi connectivity index (χ0v) is 20.0. The van der Waals surface area contributed by atoms with Gasteiger partial charge < -0.3 is 15.2 Å². The van der Waals surface area contributed by atoms with E-state index in [1.54, 1.807) is 13.3 Å². The molecule has 6 heteroatoms. The average Bonchev–Trinajstić information content (AvgIpc) is 2.78. The fourth-order valence-corrected chi connectivity index (χ4v) is 4.35. The van der Waals surface area contributed by atoms with Crippen LogP contribution < -0.4 is 10.1 Å². The van der Waals surface area contributed by atoms with Crippen molar-refractivity contribution in [2.75, 3.05) is 26.7 Å². The molecule has 1 saturated heterocycles. The third-order valence-corrected chi connectivity index (χ3v) is 6.43. The van der Waals surface area contributed by atoms with Gasteiger partial charge in [0.2, 0.25) is 5.91 Å². The van der Waals surface area contributed by atoms with E-state index < -0.39 is 11.0 Å². The molecule has 6 nitrogen and oxygen atoms in total. The maximum absolute atomic E-state index is 12.6. The second kappa shape index (κ2) is 10.0. The number of carbonyl (C=O) groups is 1. The van der Waals surface area contributed by atoms with Crippen molar-refractivity contribution < 1.29 is 14.6 Å². The minimum absolute atomic E-state index is 0.0371. The van der Waals surface area contributed by atoms with Crippen molar-refractivity contribution in [2.45, 2.75) is 52.7 Å². The molecule has 0 radical (unpaired) electrons. The van der Waals surface area contributed by atoms with E-state index in [1.807, 2.05) is 45.0 Å². The maximum atomic E-state index is 12.6. The van der Waals surface area contributed by atoms with Crippen molar-refractivity contribution in [3.63, 3.8) is 0 Å². The van der Waals surface area contributed by atoms with Gasteiger partial charge in [-0.3, -0.25) is 14.7 Å². The van der Waals surface area contributed by atoms with E-state index in [4.69, 9.17) is 4.74 Å². The van der Waals surface area contributed by atoms with Crippen LogP contribution in [0.3, 0.4) is 0 Å². The zero-order chi connectivity index (χ0) is 23.4. The van der Waals surface area contributed by atoms with Crippen LogP contribution >= 0.6 is 0 Å². The predicted molar refractivity (Wildman–Crippen MR) is 126 cm³/mol. The highest BCUT2D eigenvalue weighted by Crippen LogP contribution is 2.35. The lowest BCUT2D eigenvalue weighted by Crippen LogP contribution is -2.53. The number of hydrogen-bond donors (Lipinski definition) is 2. The van der Waals surface area contributed by atoms with Crippen molar-refractivity contribution in [3.8, 4) is 5.75 Å². The van der Waals surface area contributed by atoms with Crippen LogP contribution in [0.1, 0.15) is 50.4 Å². The van der Waals surface area contributed by atoms with Crippen molar-refractivity contribution in [1.82, 2.24) is 15.2 Å². The number of benzene rings is 1. The van der Waals surface area contributed by atoms with E-state index in [0.717, 1.165) is 38.2 Å². The van der Waals surface area contributed by atoms with E-state index in [9.17, 15) is 9.90 Å². The SMILES string of the molecule is COc1ccc(CN2CCCC(C(O)(CNC(=O)C(C)(C)C)c3ccccn3)C2)c(C)c1. The molecule has 0 spiro atoms. The van der Waals surface area contributed by atoms with Crippen LogP contribution in [0.15, 0.2) is 42.6 Å². The summed E-state index contributed by atoms with van der Waals surface area (Å²) in [5.74, 6) is 0.750. The minimum Gasteiger partial charge on any atom is -0.497 e. The number of aromatic nitrogens is 1. The molecule has 2 heterocycles. The second-order valence-electron chi connectivity index (χ2n) is 9.94. The number of hydrogen-bond acceptors (Lipinski definition) is 5. The van der Waals surface area contributed by atoms with Gasteiger partial charge in [-0.05, 0) is 61.7 Å². The Hall–Kier alpha value is -2.44. The van der Waals surface area contributed by atoms with Crippen LogP contribution in [-0.4, -0.2) is 47.6 Å². The molecule has 1 aromatic carbocycles. The maximum Gasteiger partial charge on any atom is 0.225 e. The summed E-state index contributed by atoms with van der Waals surface area (Å²) in [6, 6.07) is 11.8. The quantitative estimate of drug-likeness (QED) is 0.689. The van der Waals surface area contributed by atoms with Crippen molar-refractivity contribution >= 4 is 5.91 Å². The molecule has 1 aromatic heterocycles. The topological polar surface area (TPSA) is 74.7 Å². The Morgan fingerprint density at radius 2 is 2.06 bits per heavy atom. The van der Waals surface area contributed by atoms with Gasteiger partial charge in [0, 0.05) is 30.6 Å². The Bertz CT molecular complexity index is 910. The highest BCUT2D eigenvalue weighted by atomic mass is 16.5. The number of likely N-dealkylation sites (tertiary alicyclic amines) is 1. The van der Waals surface area contributed by atoms with E-state index in [0.29, 0.717) is 5.69 Å². The summed E-state index contributed by atoms with van der Waals surface area (Å²) < 4.78 is 5.33. The molecule has 0 bridgehead atoms. The highest BCUT2D eigenvalue weighted by molar-refractivity contribution is 5.81. The predicted octanol–water partition coefficient (Wildman–Crippen LogP) is 3.66. The molecule has 0 saturated carbocycles. The zero-order valence-electron chi connectivity index (χ0n) is 20.0. The largest absolute Gasteiger partial charge is 0.497 e. The number of aryl methyl sites for hydroxylation is 1. The van der Waals surface area contributed by atoms with Crippen LogP contribution in [-0.2, 0) is 16.9 Å². The lowest BCUT2D eigenvalue weighted by Gasteiger charge is -2.42. The Labute approximate surface area is 192 Å². The van der Waals surface area contributed by atoms with Crippen molar-refractivity contribution in [1.29, 1.82) is 0 Å². The number of ether oxygens (including phenoxy) is 1. The molecule has 174 valence electrons. The molecule has 1 aliphatic rings. The third-order valence-electron chi connectivity index (χ3n) is 6.43. The van der Waals surface area contributed by atoms with E-state index >= 15 is 0 Å². The molecular formula is C26H37N3O3. The Morgan fingerprint density at radius 1 is 1.28 bits per heavy atom. The van der Waals surface area contributed by atoms with Gasteiger partial charge in [0.25, 0.3) is 0 Å². The van der Waals surface area contributed by atoms with Crippen LogP contribution in [0.4, 0.5) is 0 Å². The first-order valence-electron chi connectivity index (χ1n) is 11.4. The molecule has 0 aliphatic carbocycles. The van der Waals surface area contributed by atoms with Crippen molar-refractivity contribution in [2.24, 2.45) is 11.3 Å². The number of nitrogens with one attached hydrogen (secondary N) is 1. The Morgan fingerprint density at radius 3 is 2.69 bits per heavy atom. The normalized spacial score (nSPS) is 19.2. The van der Waals surface area contributed by atoms with Gasteiger partial charge in [0.05, 0.1) is 19.3 Å². The number of carbonyl (C=O) groups excluding carboxylic acids is 1. The molecule has 32 heavy (non-hydrogen) atoms. The van der Waals surface area contributed by atoms with E-state index in [1.165, 1.54) is 11.1 Å². The smallest absolute Gasteiger partial charge is 0.225 e. The number of pyridine rings is 1. The summed E-state index contributed by atoms with van der Waals surface area (Å²) in [7, 11) is 1.68. The van der Waals surface area contributed by atoms with Gasteiger partial charge in [-0.1, -0.05) is 32.9 Å². The molecule has 1 aliphatic heterocycles. The van der Waals surface area contributed by atoms with Gasteiger partial charge in [0.1, 0.15) is 11.4 Å². The number of methoxy groups -OCH3 is 1. The average molecular weight is 440 g/mol. The first-order chi connectivity index (χ1) is 15.1. The fourth-order valence-electron chi connectivity index (χ4n) is 4.35. The second-order valence-corrected chi connectivity index (χ2v) is 9.94. The lowest BCUT2D eigenvalue weighted by molar-refractivity contribution is -0.131. The van der Waals surface area contributed by atoms with E-state index in [-0.39, 0.29) is 18.4 Å². The summed E-state index contributed by atoms with van der Waals surface area (Å²) in [6.07, 6.45) is 3.58. The van der Waals surface area contributed by atoms with Crippen LogP contribution in [0.25, 0.3) is 0 Å². The monoisotopic (exact) mass is 439 g/mol. The molecule has 1 amide bonds. The number of rotatable bonds is 7. The molecule has 2 atom stereocenters. The van der Waals surface area contributed by atoms with E-state index in [2.05, 4.69) is 34.3 Å². The number of piperidine rings is 1. The van der Waals surface area contributed by atoms with Crippen LogP contribution in [0, 0.1) is 18.3 Å². The molecular weight excluding hydrogens is 402 g/mol. The van der Waals surface area contributed by atoms with Crippen molar-refractivity contribution in [3.05, 3.63) is 59.4 Å². The minimum atomic E-state index is -1.23. The third kappa shape index (κ3) is 5.67. The molecule has 3 rings (SSSR count). The van der Waals surface area contributed by atoms with Gasteiger partial charge in [0.15, 0.2) is 0 Å². The summed E-state index contributed by atoms with van der Waals surface area (Å²) >= 11 is 0. The number of nitrogens with zero attached hydrogens (tertiary/aromatic N) is 2. The van der Waals surface area contributed by atoms with Gasteiger partial charge in [-0.25, -0.2) is 0 Å². The summed E-state index contributed by atoms with van der Waals surface area (Å²) in [5.41, 5.74) is 1.32. The van der Waals surface area contributed by atoms with Gasteiger partial charge >= 0.3 is 0 Å². The Kier molecular flexibility index (Phi) is 7.57. The van der Waals surface area contributed by atoms with Gasteiger partial charge in [-0.15, -0.1) is 0 Å². The van der Waals surface area contributed by atoms with Crippen LogP contribution in [0.2, 0.25) is 0 Å². The first kappa shape index (κ1) is 24.2.